The summed E-state index contributed by atoms with van der Waals surface area (Å²) < 4.78 is 4.59. The van der Waals surface area contributed by atoms with Crippen molar-refractivity contribution in [3.8, 4) is 0 Å². The molecule has 0 atom stereocenters. The molecule has 0 saturated carbocycles. The van der Waals surface area contributed by atoms with Crippen LogP contribution in [0.3, 0.4) is 0 Å². The van der Waals surface area contributed by atoms with Gasteiger partial charge in [-0.2, -0.15) is 0 Å². The number of benzene rings is 1. The molecule has 0 saturated heterocycles. The zero-order chi connectivity index (χ0) is 13.7. The minimum atomic E-state index is -0.482. The lowest BCUT2D eigenvalue weighted by atomic mass is 10.2. The number of carbonyl (C=O) groups excluding carboxylic acids is 2. The van der Waals surface area contributed by atoms with Crippen LogP contribution in [0.15, 0.2) is 29.8 Å². The zero-order valence-corrected chi connectivity index (χ0v) is 11.2. The predicted octanol–water partition coefficient (Wildman–Crippen LogP) is 3.03. The van der Waals surface area contributed by atoms with Crippen molar-refractivity contribution >= 4 is 29.2 Å². The van der Waals surface area contributed by atoms with Gasteiger partial charge in [0.1, 0.15) is 0 Å². The molecule has 0 radical (unpaired) electrons. The predicted molar refractivity (Wildman–Crippen MR) is 70.9 cm³/mol. The second-order valence-corrected chi connectivity index (χ2v) is 4.30. The van der Waals surface area contributed by atoms with Crippen LogP contribution in [0.25, 0.3) is 0 Å². The second kappa shape index (κ2) is 6.21. The molecule has 0 spiro atoms. The van der Waals surface area contributed by atoms with Crippen molar-refractivity contribution < 1.29 is 14.3 Å². The molecule has 4 nitrogen and oxygen atoms in total. The van der Waals surface area contributed by atoms with Gasteiger partial charge in [-0.15, -0.1) is 0 Å². The summed E-state index contributed by atoms with van der Waals surface area (Å²) in [7, 11) is 1.29. The third kappa shape index (κ3) is 3.89. The van der Waals surface area contributed by atoms with E-state index in [1.54, 1.807) is 0 Å². The molecule has 0 heterocycles. The number of nitrogens with one attached hydrogen (secondary N) is 1. The van der Waals surface area contributed by atoms with Gasteiger partial charge in [-0.05, 0) is 32.0 Å². The minimum absolute atomic E-state index is 0.293. The lowest BCUT2D eigenvalue weighted by molar-refractivity contribution is -0.111. The number of hydrogen-bond donors (Lipinski definition) is 1. The molecule has 0 aliphatic carbocycles. The van der Waals surface area contributed by atoms with E-state index < -0.39 is 5.97 Å². The molecule has 0 aliphatic rings. The zero-order valence-electron chi connectivity index (χ0n) is 10.4. The first-order valence-corrected chi connectivity index (χ1v) is 5.65. The van der Waals surface area contributed by atoms with E-state index in [0.29, 0.717) is 16.3 Å². The van der Waals surface area contributed by atoms with Crippen LogP contribution in [0.1, 0.15) is 24.2 Å². The SMILES string of the molecule is COC(=O)c1ccc(Cl)c(NC(=O)C=C(C)C)c1. The van der Waals surface area contributed by atoms with E-state index in [4.69, 9.17) is 11.6 Å². The van der Waals surface area contributed by atoms with Gasteiger partial charge in [-0.25, -0.2) is 4.79 Å². The van der Waals surface area contributed by atoms with E-state index in [9.17, 15) is 9.59 Å². The number of allylic oxidation sites excluding steroid dienone is 1. The third-order valence-electron chi connectivity index (χ3n) is 2.07. The number of carbonyl (C=O) groups is 2. The minimum Gasteiger partial charge on any atom is -0.465 e. The molecule has 0 fully saturated rings. The maximum atomic E-state index is 11.6. The topological polar surface area (TPSA) is 55.4 Å². The molecule has 1 amide bonds. The third-order valence-corrected chi connectivity index (χ3v) is 2.39. The van der Waals surface area contributed by atoms with Gasteiger partial charge in [-0.3, -0.25) is 4.79 Å². The van der Waals surface area contributed by atoms with Crippen LogP contribution in [-0.4, -0.2) is 19.0 Å². The first-order valence-electron chi connectivity index (χ1n) is 5.27. The molecule has 1 aromatic rings. The van der Waals surface area contributed by atoms with E-state index in [1.807, 2.05) is 13.8 Å². The number of hydrogen-bond acceptors (Lipinski definition) is 3. The van der Waals surface area contributed by atoms with Crippen molar-refractivity contribution in [2.75, 3.05) is 12.4 Å². The van der Waals surface area contributed by atoms with Gasteiger partial charge in [0.2, 0.25) is 5.91 Å². The normalized spacial score (nSPS) is 9.56. The molecule has 0 aliphatic heterocycles. The molecule has 18 heavy (non-hydrogen) atoms. The highest BCUT2D eigenvalue weighted by Crippen LogP contribution is 2.23. The van der Waals surface area contributed by atoms with Gasteiger partial charge in [0, 0.05) is 6.08 Å². The molecule has 1 N–H and O–H groups in total. The smallest absolute Gasteiger partial charge is 0.337 e. The fraction of sp³-hybridized carbons (Fsp3) is 0.231. The second-order valence-electron chi connectivity index (χ2n) is 3.90. The number of anilines is 1. The maximum Gasteiger partial charge on any atom is 0.337 e. The average Bonchev–Trinajstić information content (AvgIpc) is 2.30. The van der Waals surface area contributed by atoms with Crippen LogP contribution in [0.2, 0.25) is 5.02 Å². The van der Waals surface area contributed by atoms with E-state index >= 15 is 0 Å². The Morgan fingerprint density at radius 1 is 1.33 bits per heavy atom. The van der Waals surface area contributed by atoms with E-state index in [0.717, 1.165) is 5.57 Å². The quantitative estimate of drug-likeness (QED) is 0.676. The van der Waals surface area contributed by atoms with Gasteiger partial charge in [0.15, 0.2) is 0 Å². The summed E-state index contributed by atoms with van der Waals surface area (Å²) in [5, 5.41) is 2.97. The number of halogens is 1. The summed E-state index contributed by atoms with van der Waals surface area (Å²) in [5.74, 6) is -0.775. The monoisotopic (exact) mass is 267 g/mol. The molecule has 1 rings (SSSR count). The number of amides is 1. The van der Waals surface area contributed by atoms with Crippen LogP contribution in [-0.2, 0) is 9.53 Å². The van der Waals surface area contributed by atoms with Gasteiger partial charge in [-0.1, -0.05) is 17.2 Å². The average molecular weight is 268 g/mol. The number of ether oxygens (including phenoxy) is 1. The Morgan fingerprint density at radius 3 is 2.56 bits per heavy atom. The summed E-state index contributed by atoms with van der Waals surface area (Å²) in [6.45, 7) is 3.62. The highest BCUT2D eigenvalue weighted by molar-refractivity contribution is 6.34. The largest absolute Gasteiger partial charge is 0.465 e. The van der Waals surface area contributed by atoms with Crippen molar-refractivity contribution in [1.29, 1.82) is 0 Å². The highest BCUT2D eigenvalue weighted by Gasteiger charge is 2.10. The Labute approximate surface area is 111 Å². The van der Waals surface area contributed by atoms with E-state index in [2.05, 4.69) is 10.1 Å². The Kier molecular flexibility index (Phi) is 4.92. The van der Waals surface area contributed by atoms with Crippen molar-refractivity contribution in [2.45, 2.75) is 13.8 Å². The summed E-state index contributed by atoms with van der Waals surface area (Å²) in [5.41, 5.74) is 1.57. The van der Waals surface area contributed by atoms with Gasteiger partial charge in [0.25, 0.3) is 0 Å². The van der Waals surface area contributed by atoms with Crippen molar-refractivity contribution in [3.63, 3.8) is 0 Å². The Bertz CT molecular complexity index is 505. The molecular formula is C13H14ClNO3. The van der Waals surface area contributed by atoms with Gasteiger partial charge in [0.05, 0.1) is 23.4 Å². The van der Waals surface area contributed by atoms with Crippen LogP contribution in [0, 0.1) is 0 Å². The Hall–Kier alpha value is -1.81. The fourth-order valence-corrected chi connectivity index (χ4v) is 1.46. The Balaban J connectivity index is 2.98. The van der Waals surface area contributed by atoms with Gasteiger partial charge >= 0.3 is 5.97 Å². The van der Waals surface area contributed by atoms with Crippen LogP contribution in [0.4, 0.5) is 5.69 Å². The summed E-state index contributed by atoms with van der Waals surface area (Å²) in [6, 6.07) is 4.54. The van der Waals surface area contributed by atoms with E-state index in [1.165, 1.54) is 31.4 Å². The molecule has 0 unspecified atom stereocenters. The fourth-order valence-electron chi connectivity index (χ4n) is 1.30. The molecule has 1 aromatic carbocycles. The first kappa shape index (κ1) is 14.3. The standard InChI is InChI=1S/C13H14ClNO3/c1-8(2)6-12(16)15-11-7-9(13(17)18-3)4-5-10(11)14/h4-7H,1-3H3,(H,15,16). The molecule has 96 valence electrons. The first-order chi connectivity index (χ1) is 8.43. The molecule has 0 bridgehead atoms. The summed E-state index contributed by atoms with van der Waals surface area (Å²) in [6.07, 6.45) is 1.45. The van der Waals surface area contributed by atoms with Crippen molar-refractivity contribution in [1.82, 2.24) is 0 Å². The number of esters is 1. The summed E-state index contributed by atoms with van der Waals surface area (Å²) >= 11 is 5.94. The van der Waals surface area contributed by atoms with Crippen molar-refractivity contribution in [3.05, 3.63) is 40.4 Å². The van der Waals surface area contributed by atoms with E-state index in [-0.39, 0.29) is 5.91 Å². The van der Waals surface area contributed by atoms with Crippen LogP contribution >= 0.6 is 11.6 Å². The summed E-state index contributed by atoms with van der Waals surface area (Å²) in [4.78, 5) is 22.9. The highest BCUT2D eigenvalue weighted by atomic mass is 35.5. The van der Waals surface area contributed by atoms with Crippen LogP contribution < -0.4 is 5.32 Å². The molecule has 5 heteroatoms. The maximum absolute atomic E-state index is 11.6. The number of methoxy groups -OCH3 is 1. The van der Waals surface area contributed by atoms with Crippen LogP contribution in [0.5, 0.6) is 0 Å². The molecular weight excluding hydrogens is 254 g/mol. The lowest BCUT2D eigenvalue weighted by Gasteiger charge is -2.07. The number of rotatable bonds is 3. The molecule has 0 aromatic heterocycles. The Morgan fingerprint density at radius 2 is 2.00 bits per heavy atom. The van der Waals surface area contributed by atoms with Gasteiger partial charge < -0.3 is 10.1 Å². The lowest BCUT2D eigenvalue weighted by Crippen LogP contribution is -2.10. The van der Waals surface area contributed by atoms with Crippen molar-refractivity contribution in [2.24, 2.45) is 0 Å².